The fourth-order valence-electron chi connectivity index (χ4n) is 2.58. The SMILES string of the molecule is CC[C@H](C)NC(=O)c1ccc2c(=O)n(-c3ccccc3)c(=O)[nH]c2c1. The summed E-state index contributed by atoms with van der Waals surface area (Å²) in [5.41, 5.74) is 0.288. The van der Waals surface area contributed by atoms with Crippen LogP contribution in [0, 0.1) is 0 Å². The van der Waals surface area contributed by atoms with Crippen molar-refractivity contribution in [3.63, 3.8) is 0 Å². The minimum atomic E-state index is -0.539. The minimum Gasteiger partial charge on any atom is -0.350 e. The highest BCUT2D eigenvalue weighted by atomic mass is 16.2. The zero-order valence-electron chi connectivity index (χ0n) is 14.1. The number of aromatic amines is 1. The summed E-state index contributed by atoms with van der Waals surface area (Å²) in [5, 5.41) is 3.21. The molecule has 0 unspecified atom stereocenters. The Kier molecular flexibility index (Phi) is 4.52. The molecule has 6 heteroatoms. The van der Waals surface area contributed by atoms with Gasteiger partial charge in [-0.05, 0) is 43.7 Å². The summed E-state index contributed by atoms with van der Waals surface area (Å²) in [6.07, 6.45) is 0.817. The maximum absolute atomic E-state index is 12.7. The maximum Gasteiger partial charge on any atom is 0.333 e. The number of H-pyrrole nitrogens is 1. The van der Waals surface area contributed by atoms with Crippen LogP contribution in [0.1, 0.15) is 30.6 Å². The van der Waals surface area contributed by atoms with E-state index in [-0.39, 0.29) is 11.9 Å². The second kappa shape index (κ2) is 6.76. The van der Waals surface area contributed by atoms with E-state index in [9.17, 15) is 14.4 Å². The van der Waals surface area contributed by atoms with Gasteiger partial charge in [0.15, 0.2) is 0 Å². The maximum atomic E-state index is 12.7. The van der Waals surface area contributed by atoms with Gasteiger partial charge in [-0.25, -0.2) is 9.36 Å². The number of para-hydroxylation sites is 1. The van der Waals surface area contributed by atoms with E-state index >= 15 is 0 Å². The molecule has 0 fully saturated rings. The van der Waals surface area contributed by atoms with Gasteiger partial charge < -0.3 is 10.3 Å². The largest absolute Gasteiger partial charge is 0.350 e. The van der Waals surface area contributed by atoms with Gasteiger partial charge in [0.2, 0.25) is 0 Å². The number of carbonyl (C=O) groups is 1. The van der Waals surface area contributed by atoms with Gasteiger partial charge in [0, 0.05) is 11.6 Å². The molecule has 2 N–H and O–H groups in total. The highest BCUT2D eigenvalue weighted by Gasteiger charge is 2.13. The smallest absolute Gasteiger partial charge is 0.333 e. The Balaban J connectivity index is 2.10. The highest BCUT2D eigenvalue weighted by molar-refractivity contribution is 5.97. The molecule has 1 atom stereocenters. The summed E-state index contributed by atoms with van der Waals surface area (Å²) in [7, 11) is 0. The Morgan fingerprint density at radius 3 is 2.56 bits per heavy atom. The van der Waals surface area contributed by atoms with Crippen molar-refractivity contribution in [3.05, 3.63) is 74.9 Å². The molecule has 0 aliphatic rings. The van der Waals surface area contributed by atoms with E-state index in [4.69, 9.17) is 0 Å². The predicted octanol–water partition coefficient (Wildman–Crippen LogP) is 2.21. The topological polar surface area (TPSA) is 84.0 Å². The van der Waals surface area contributed by atoms with E-state index in [1.807, 2.05) is 19.9 Å². The first-order valence-electron chi connectivity index (χ1n) is 8.16. The molecule has 0 aliphatic carbocycles. The summed E-state index contributed by atoms with van der Waals surface area (Å²) in [5.74, 6) is -0.232. The highest BCUT2D eigenvalue weighted by Crippen LogP contribution is 2.11. The molecule has 0 radical (unpaired) electrons. The number of hydrogen-bond donors (Lipinski definition) is 2. The summed E-state index contributed by atoms with van der Waals surface area (Å²) in [6, 6.07) is 13.5. The van der Waals surface area contributed by atoms with Crippen molar-refractivity contribution in [2.45, 2.75) is 26.3 Å². The lowest BCUT2D eigenvalue weighted by Gasteiger charge is -2.12. The Morgan fingerprint density at radius 2 is 1.88 bits per heavy atom. The second-order valence-electron chi connectivity index (χ2n) is 5.95. The van der Waals surface area contributed by atoms with Crippen LogP contribution in [0.25, 0.3) is 16.6 Å². The first-order chi connectivity index (χ1) is 12.0. The van der Waals surface area contributed by atoms with E-state index in [2.05, 4.69) is 10.3 Å². The van der Waals surface area contributed by atoms with Crippen molar-refractivity contribution in [1.82, 2.24) is 14.9 Å². The van der Waals surface area contributed by atoms with E-state index in [0.717, 1.165) is 11.0 Å². The first-order valence-corrected chi connectivity index (χ1v) is 8.16. The molecule has 1 amide bonds. The quantitative estimate of drug-likeness (QED) is 0.765. The summed E-state index contributed by atoms with van der Waals surface area (Å²) in [6.45, 7) is 3.90. The van der Waals surface area contributed by atoms with Crippen LogP contribution in [0.3, 0.4) is 0 Å². The van der Waals surface area contributed by atoms with E-state index in [0.29, 0.717) is 22.2 Å². The molecule has 1 heterocycles. The number of amides is 1. The molecular weight excluding hydrogens is 318 g/mol. The van der Waals surface area contributed by atoms with Crippen molar-refractivity contribution in [2.75, 3.05) is 0 Å². The van der Waals surface area contributed by atoms with E-state index < -0.39 is 11.2 Å². The second-order valence-corrected chi connectivity index (χ2v) is 5.95. The van der Waals surface area contributed by atoms with Gasteiger partial charge in [0.25, 0.3) is 11.5 Å². The molecular formula is C19H19N3O3. The van der Waals surface area contributed by atoms with Crippen LogP contribution in [-0.4, -0.2) is 21.5 Å². The molecule has 2 aromatic carbocycles. The first kappa shape index (κ1) is 16.7. The van der Waals surface area contributed by atoms with Crippen LogP contribution >= 0.6 is 0 Å². The predicted molar refractivity (Wildman–Crippen MR) is 97.4 cm³/mol. The normalized spacial score (nSPS) is 12.1. The van der Waals surface area contributed by atoms with Gasteiger partial charge in [-0.3, -0.25) is 9.59 Å². The molecule has 0 bridgehead atoms. The third-order valence-electron chi connectivity index (χ3n) is 4.16. The van der Waals surface area contributed by atoms with Gasteiger partial charge in [-0.1, -0.05) is 25.1 Å². The number of fused-ring (bicyclic) bond motifs is 1. The number of nitrogens with zero attached hydrogens (tertiary/aromatic N) is 1. The van der Waals surface area contributed by atoms with Gasteiger partial charge in [-0.2, -0.15) is 0 Å². The monoisotopic (exact) mass is 337 g/mol. The zero-order chi connectivity index (χ0) is 18.0. The molecule has 0 saturated carbocycles. The standard InChI is InChI=1S/C19H19N3O3/c1-3-12(2)20-17(23)13-9-10-15-16(11-13)21-19(25)22(18(15)24)14-7-5-4-6-8-14/h4-12H,3H2,1-2H3,(H,20,23)(H,21,25)/t12-/m0/s1. The van der Waals surface area contributed by atoms with Crippen molar-refractivity contribution in [2.24, 2.45) is 0 Å². The molecule has 0 saturated heterocycles. The molecule has 6 nitrogen and oxygen atoms in total. The number of aromatic nitrogens is 2. The molecule has 0 aliphatic heterocycles. The Hall–Kier alpha value is -3.15. The minimum absolute atomic E-state index is 0.0494. The third-order valence-corrected chi connectivity index (χ3v) is 4.16. The molecule has 3 aromatic rings. The third kappa shape index (κ3) is 3.24. The average molecular weight is 337 g/mol. The molecule has 3 rings (SSSR count). The van der Waals surface area contributed by atoms with Crippen LogP contribution in [0.15, 0.2) is 58.1 Å². The lowest BCUT2D eigenvalue weighted by molar-refractivity contribution is 0.0939. The van der Waals surface area contributed by atoms with Crippen LogP contribution in [0.5, 0.6) is 0 Å². The van der Waals surface area contributed by atoms with Crippen LogP contribution < -0.4 is 16.6 Å². The van der Waals surface area contributed by atoms with Crippen molar-refractivity contribution in [3.8, 4) is 5.69 Å². The fourth-order valence-corrected chi connectivity index (χ4v) is 2.58. The number of hydrogen-bond acceptors (Lipinski definition) is 3. The Labute approximate surface area is 144 Å². The summed E-state index contributed by atoms with van der Waals surface area (Å²) in [4.78, 5) is 40.0. The van der Waals surface area contributed by atoms with Crippen molar-refractivity contribution >= 4 is 16.8 Å². The van der Waals surface area contributed by atoms with E-state index in [1.54, 1.807) is 36.4 Å². The van der Waals surface area contributed by atoms with Crippen LogP contribution in [0.4, 0.5) is 0 Å². The number of benzene rings is 2. The van der Waals surface area contributed by atoms with Crippen molar-refractivity contribution in [1.29, 1.82) is 0 Å². The number of carbonyl (C=O) groups excluding carboxylic acids is 1. The van der Waals surface area contributed by atoms with Gasteiger partial charge >= 0.3 is 5.69 Å². The molecule has 128 valence electrons. The van der Waals surface area contributed by atoms with Crippen LogP contribution in [0.2, 0.25) is 0 Å². The van der Waals surface area contributed by atoms with Crippen molar-refractivity contribution < 1.29 is 4.79 Å². The lowest BCUT2D eigenvalue weighted by atomic mass is 10.1. The van der Waals surface area contributed by atoms with Gasteiger partial charge in [0.1, 0.15) is 0 Å². The lowest BCUT2D eigenvalue weighted by Crippen LogP contribution is -2.34. The Bertz CT molecular complexity index is 1040. The summed E-state index contributed by atoms with van der Waals surface area (Å²) >= 11 is 0. The molecule has 0 spiro atoms. The van der Waals surface area contributed by atoms with Crippen LogP contribution in [-0.2, 0) is 0 Å². The average Bonchev–Trinajstić information content (AvgIpc) is 2.62. The fraction of sp³-hybridized carbons (Fsp3) is 0.211. The number of nitrogens with one attached hydrogen (secondary N) is 2. The summed E-state index contributed by atoms with van der Waals surface area (Å²) < 4.78 is 1.08. The molecule has 25 heavy (non-hydrogen) atoms. The molecule has 1 aromatic heterocycles. The van der Waals surface area contributed by atoms with E-state index in [1.165, 1.54) is 6.07 Å². The Morgan fingerprint density at radius 1 is 1.16 bits per heavy atom. The van der Waals surface area contributed by atoms with Gasteiger partial charge in [0.05, 0.1) is 16.6 Å². The zero-order valence-corrected chi connectivity index (χ0v) is 14.1. The number of rotatable bonds is 4. The van der Waals surface area contributed by atoms with Gasteiger partial charge in [-0.15, -0.1) is 0 Å².